The van der Waals surface area contributed by atoms with Crippen molar-refractivity contribution in [3.8, 4) is 0 Å². The first kappa shape index (κ1) is 74.1. The minimum Gasteiger partial charge on any atom is -0.462 e. The zero-order valence-corrected chi connectivity index (χ0v) is 51.5. The minimum atomic E-state index is -0.781. The van der Waals surface area contributed by atoms with Gasteiger partial charge in [-0.25, -0.2) is 0 Å². The van der Waals surface area contributed by atoms with Crippen molar-refractivity contribution in [1.29, 1.82) is 0 Å². The second kappa shape index (κ2) is 65.6. The Hall–Kier alpha value is -2.89. The van der Waals surface area contributed by atoms with Crippen LogP contribution in [0.3, 0.4) is 0 Å². The van der Waals surface area contributed by atoms with Gasteiger partial charge in [-0.15, -0.1) is 0 Å². The molecule has 1 atom stereocenters. The van der Waals surface area contributed by atoms with Crippen LogP contribution < -0.4 is 0 Å². The number of hydrogen-bond acceptors (Lipinski definition) is 6. The fourth-order valence-electron chi connectivity index (χ4n) is 9.85. The number of hydrogen-bond donors (Lipinski definition) is 0. The van der Waals surface area contributed by atoms with Crippen molar-refractivity contribution in [2.45, 2.75) is 361 Å². The summed E-state index contributed by atoms with van der Waals surface area (Å²) in [6.07, 6.45) is 83.9. The van der Waals surface area contributed by atoms with Crippen LogP contribution in [0.15, 0.2) is 60.8 Å². The maximum absolute atomic E-state index is 12.9. The van der Waals surface area contributed by atoms with Crippen LogP contribution in [-0.4, -0.2) is 37.2 Å². The molecule has 0 bridgehead atoms. The topological polar surface area (TPSA) is 78.9 Å². The second-order valence-electron chi connectivity index (χ2n) is 22.7. The smallest absolute Gasteiger partial charge is 0.306 e. The van der Waals surface area contributed by atoms with Gasteiger partial charge in [0.1, 0.15) is 13.2 Å². The molecule has 0 radical (unpaired) electrons. The largest absolute Gasteiger partial charge is 0.462 e. The normalized spacial score (nSPS) is 12.4. The molecule has 0 aliphatic carbocycles. The summed E-state index contributed by atoms with van der Waals surface area (Å²) in [5.41, 5.74) is 0. The Labute approximate surface area is 479 Å². The SMILES string of the molecule is CCCCCC/C=C\CCCCCCCC(=O)OCC(COC(=O)CCCCCCCCCCCCCCCCCC/C=C\C/C=C\C/C=C\CCCCCCC)OC(=O)CCCCCCC/C=C\CCCCCCCC. The van der Waals surface area contributed by atoms with Crippen molar-refractivity contribution in [2.75, 3.05) is 13.2 Å². The van der Waals surface area contributed by atoms with E-state index in [1.807, 2.05) is 0 Å². The fourth-order valence-corrected chi connectivity index (χ4v) is 9.85. The summed E-state index contributed by atoms with van der Waals surface area (Å²) in [5.74, 6) is -0.877. The summed E-state index contributed by atoms with van der Waals surface area (Å²) in [6.45, 7) is 6.64. The van der Waals surface area contributed by atoms with E-state index in [1.165, 1.54) is 231 Å². The van der Waals surface area contributed by atoms with Gasteiger partial charge in [0.15, 0.2) is 6.10 Å². The average molecular weight is 1080 g/mol. The van der Waals surface area contributed by atoms with Crippen LogP contribution in [0.1, 0.15) is 355 Å². The quantitative estimate of drug-likeness (QED) is 0.0261. The van der Waals surface area contributed by atoms with Gasteiger partial charge in [-0.3, -0.25) is 14.4 Å². The summed E-state index contributed by atoms with van der Waals surface area (Å²) in [7, 11) is 0. The Kier molecular flexibility index (Phi) is 63.2. The van der Waals surface area contributed by atoms with Gasteiger partial charge in [-0.1, -0.05) is 287 Å². The van der Waals surface area contributed by atoms with E-state index in [2.05, 4.69) is 81.5 Å². The van der Waals surface area contributed by atoms with Crippen molar-refractivity contribution in [1.82, 2.24) is 0 Å². The maximum Gasteiger partial charge on any atom is 0.306 e. The molecule has 0 amide bonds. The van der Waals surface area contributed by atoms with Gasteiger partial charge in [0.05, 0.1) is 0 Å². The highest BCUT2D eigenvalue weighted by Gasteiger charge is 2.19. The van der Waals surface area contributed by atoms with Gasteiger partial charge in [0.2, 0.25) is 0 Å². The highest BCUT2D eigenvalue weighted by atomic mass is 16.6. The second-order valence-corrected chi connectivity index (χ2v) is 22.7. The summed E-state index contributed by atoms with van der Waals surface area (Å²) in [6, 6.07) is 0. The van der Waals surface area contributed by atoms with E-state index < -0.39 is 6.10 Å². The number of carbonyl (C=O) groups is 3. The molecular weight excluding hydrogens is 949 g/mol. The summed E-state index contributed by atoms with van der Waals surface area (Å²) >= 11 is 0. The maximum atomic E-state index is 12.9. The monoisotopic (exact) mass is 1080 g/mol. The number of carbonyl (C=O) groups excluding carboxylic acids is 3. The molecule has 0 spiro atoms. The van der Waals surface area contributed by atoms with E-state index in [9.17, 15) is 14.4 Å². The molecule has 0 saturated heterocycles. The number of esters is 3. The highest BCUT2D eigenvalue weighted by molar-refractivity contribution is 5.71. The molecular formula is C71H128O6. The van der Waals surface area contributed by atoms with Crippen LogP contribution in [0.2, 0.25) is 0 Å². The highest BCUT2D eigenvalue weighted by Crippen LogP contribution is 2.17. The first-order valence-corrected chi connectivity index (χ1v) is 33.8. The Morgan fingerprint density at radius 3 is 0.753 bits per heavy atom. The number of allylic oxidation sites excluding steroid dienone is 10. The zero-order valence-electron chi connectivity index (χ0n) is 51.5. The predicted octanol–water partition coefficient (Wildman–Crippen LogP) is 23.1. The molecule has 77 heavy (non-hydrogen) atoms. The molecule has 0 aromatic carbocycles. The molecule has 1 unspecified atom stereocenters. The van der Waals surface area contributed by atoms with Crippen molar-refractivity contribution < 1.29 is 28.6 Å². The third-order valence-corrected chi connectivity index (χ3v) is 15.0. The fraction of sp³-hybridized carbons (Fsp3) is 0.817. The van der Waals surface area contributed by atoms with E-state index in [0.717, 1.165) is 83.5 Å². The Balaban J connectivity index is 4.17. The van der Waals surface area contributed by atoms with Crippen LogP contribution in [0.4, 0.5) is 0 Å². The third kappa shape index (κ3) is 63.8. The van der Waals surface area contributed by atoms with Gasteiger partial charge < -0.3 is 14.2 Å². The minimum absolute atomic E-state index is 0.0771. The Morgan fingerprint density at radius 1 is 0.260 bits per heavy atom. The van der Waals surface area contributed by atoms with Crippen molar-refractivity contribution in [2.24, 2.45) is 0 Å². The first-order chi connectivity index (χ1) is 38.0. The van der Waals surface area contributed by atoms with E-state index in [4.69, 9.17) is 14.2 Å². The third-order valence-electron chi connectivity index (χ3n) is 15.0. The van der Waals surface area contributed by atoms with Crippen molar-refractivity contribution in [3.05, 3.63) is 60.8 Å². The Morgan fingerprint density at radius 2 is 0.468 bits per heavy atom. The lowest BCUT2D eigenvalue weighted by molar-refractivity contribution is -0.167. The summed E-state index contributed by atoms with van der Waals surface area (Å²) in [5, 5.41) is 0. The molecule has 0 aliphatic rings. The Bertz CT molecular complexity index is 1380. The lowest BCUT2D eigenvalue weighted by atomic mass is 10.0. The first-order valence-electron chi connectivity index (χ1n) is 33.8. The lowest BCUT2D eigenvalue weighted by Gasteiger charge is -2.18. The molecule has 0 rings (SSSR count). The molecule has 448 valence electrons. The molecule has 0 saturated carbocycles. The van der Waals surface area contributed by atoms with Crippen LogP contribution in [0.25, 0.3) is 0 Å². The molecule has 0 aromatic heterocycles. The number of ether oxygens (including phenoxy) is 3. The van der Waals surface area contributed by atoms with Gasteiger partial charge in [-0.2, -0.15) is 0 Å². The van der Waals surface area contributed by atoms with E-state index in [-0.39, 0.29) is 31.1 Å². The molecule has 0 aliphatic heterocycles. The molecule has 6 heteroatoms. The molecule has 6 nitrogen and oxygen atoms in total. The zero-order chi connectivity index (χ0) is 55.7. The van der Waals surface area contributed by atoms with Crippen LogP contribution in [0.5, 0.6) is 0 Å². The van der Waals surface area contributed by atoms with Gasteiger partial charge in [0, 0.05) is 19.3 Å². The van der Waals surface area contributed by atoms with E-state index >= 15 is 0 Å². The van der Waals surface area contributed by atoms with Gasteiger partial charge >= 0.3 is 17.9 Å². The molecule has 0 N–H and O–H groups in total. The standard InChI is InChI=1S/C71H128O6/c1-4-7-10-13-16-19-22-25-27-28-29-30-31-32-33-34-35-36-37-38-39-40-41-42-44-46-49-52-55-58-61-64-70(73)76-67-68(66-75-69(72)63-60-57-54-51-48-45-24-21-18-15-12-9-6-3)77-71(74)65-62-59-56-53-50-47-43-26-23-20-17-14-11-8-5-2/h21-22,24-26,28-29,31-32,43,68H,4-20,23,27,30,33-42,44-67H2,1-3H3/b24-21-,25-22-,29-28-,32-31-,43-26-. The van der Waals surface area contributed by atoms with Crippen molar-refractivity contribution in [3.63, 3.8) is 0 Å². The molecule has 0 aromatic rings. The molecule has 0 heterocycles. The van der Waals surface area contributed by atoms with Gasteiger partial charge in [-0.05, 0) is 109 Å². The van der Waals surface area contributed by atoms with E-state index in [1.54, 1.807) is 0 Å². The number of rotatable bonds is 62. The van der Waals surface area contributed by atoms with Gasteiger partial charge in [0.25, 0.3) is 0 Å². The molecule has 0 fully saturated rings. The van der Waals surface area contributed by atoms with Crippen LogP contribution >= 0.6 is 0 Å². The summed E-state index contributed by atoms with van der Waals surface area (Å²) in [4.78, 5) is 38.3. The average Bonchev–Trinajstić information content (AvgIpc) is 3.43. The number of unbranched alkanes of at least 4 members (excludes halogenated alkanes) is 41. The lowest BCUT2D eigenvalue weighted by Crippen LogP contribution is -2.30. The van der Waals surface area contributed by atoms with E-state index in [0.29, 0.717) is 19.3 Å². The van der Waals surface area contributed by atoms with Crippen molar-refractivity contribution >= 4 is 17.9 Å². The summed E-state index contributed by atoms with van der Waals surface area (Å²) < 4.78 is 16.9. The predicted molar refractivity (Wildman–Crippen MR) is 335 cm³/mol. The van der Waals surface area contributed by atoms with Crippen LogP contribution in [0, 0.1) is 0 Å². The van der Waals surface area contributed by atoms with Crippen LogP contribution in [-0.2, 0) is 28.6 Å².